The van der Waals surface area contributed by atoms with Crippen molar-refractivity contribution in [2.45, 2.75) is 90.8 Å². The summed E-state index contributed by atoms with van der Waals surface area (Å²) in [5.41, 5.74) is 7.93. The van der Waals surface area contributed by atoms with Crippen molar-refractivity contribution >= 4 is 5.78 Å². The number of ether oxygens (including phenoxy) is 1. The van der Waals surface area contributed by atoms with Gasteiger partial charge in [0, 0.05) is 13.0 Å². The lowest BCUT2D eigenvalue weighted by Crippen LogP contribution is -2.51. The summed E-state index contributed by atoms with van der Waals surface area (Å²) >= 11 is 0. The van der Waals surface area contributed by atoms with Crippen molar-refractivity contribution in [2.24, 2.45) is 52.1 Å². The molecule has 31 heavy (non-hydrogen) atoms. The van der Waals surface area contributed by atoms with Crippen LogP contribution in [-0.4, -0.2) is 36.2 Å². The highest BCUT2D eigenvalue weighted by Gasteiger charge is 2.65. The number of hydrogen-bond donors (Lipinski definition) is 2. The van der Waals surface area contributed by atoms with E-state index in [1.54, 1.807) is 0 Å². The first kappa shape index (κ1) is 22.1. The molecule has 5 aliphatic rings. The molecule has 0 aromatic rings. The third kappa shape index (κ3) is 3.30. The molecule has 1 aliphatic heterocycles. The molecule has 1 heterocycles. The van der Waals surface area contributed by atoms with E-state index in [1.807, 2.05) is 6.08 Å². The quantitative estimate of drug-likeness (QED) is 0.675. The Morgan fingerprint density at radius 3 is 2.77 bits per heavy atom. The van der Waals surface area contributed by atoms with Crippen molar-refractivity contribution in [1.29, 1.82) is 0 Å². The number of rotatable bonds is 5. The van der Waals surface area contributed by atoms with E-state index in [0.717, 1.165) is 49.9 Å². The molecule has 0 bridgehead atoms. The van der Waals surface area contributed by atoms with Gasteiger partial charge in [0.05, 0.1) is 12.2 Å². The predicted octanol–water partition coefficient (Wildman–Crippen LogP) is 4.50. The summed E-state index contributed by atoms with van der Waals surface area (Å²) < 4.78 is 6.74. The van der Waals surface area contributed by atoms with Crippen LogP contribution < -0.4 is 5.73 Å². The Morgan fingerprint density at radius 2 is 2.03 bits per heavy atom. The molecular weight excluding hydrogens is 386 g/mol. The minimum atomic E-state index is 0.189. The highest BCUT2D eigenvalue weighted by atomic mass is 16.5. The van der Waals surface area contributed by atoms with Crippen LogP contribution in [0.1, 0.15) is 78.6 Å². The van der Waals surface area contributed by atoms with Crippen molar-refractivity contribution in [2.75, 3.05) is 13.2 Å². The SMILES string of the molecule is C[C@H]1[C@H]2[C@H](C[C@H]3[C@@H]4CCC5=CC(=O)CC[C@]5(C)[C@H]4CC[C@]23C)O[C@@H]1CCC(CN)CO. The zero-order valence-electron chi connectivity index (χ0n) is 19.8. The van der Waals surface area contributed by atoms with Gasteiger partial charge in [0.1, 0.15) is 0 Å². The third-order valence-electron chi connectivity index (χ3n) is 11.0. The largest absolute Gasteiger partial charge is 0.396 e. The lowest BCUT2D eigenvalue weighted by molar-refractivity contribution is -0.117. The molecule has 4 fully saturated rings. The van der Waals surface area contributed by atoms with Gasteiger partial charge in [0.2, 0.25) is 0 Å². The van der Waals surface area contributed by atoms with Gasteiger partial charge in [-0.05, 0) is 110 Å². The van der Waals surface area contributed by atoms with Crippen LogP contribution in [0, 0.1) is 46.3 Å². The van der Waals surface area contributed by atoms with Crippen LogP contribution in [-0.2, 0) is 9.53 Å². The summed E-state index contributed by atoms with van der Waals surface area (Å²) in [4.78, 5) is 12.1. The fraction of sp³-hybridized carbons (Fsp3) is 0.889. The van der Waals surface area contributed by atoms with Crippen molar-refractivity contribution in [3.8, 4) is 0 Å². The second kappa shape index (κ2) is 7.95. The number of aliphatic hydroxyl groups is 1. The van der Waals surface area contributed by atoms with E-state index in [-0.39, 0.29) is 17.9 Å². The van der Waals surface area contributed by atoms with Gasteiger partial charge in [0.15, 0.2) is 5.78 Å². The van der Waals surface area contributed by atoms with Gasteiger partial charge in [0.25, 0.3) is 0 Å². The van der Waals surface area contributed by atoms with Gasteiger partial charge in [-0.1, -0.05) is 26.3 Å². The van der Waals surface area contributed by atoms with E-state index in [9.17, 15) is 9.90 Å². The number of carbonyl (C=O) groups excluding carboxylic acids is 1. The summed E-state index contributed by atoms with van der Waals surface area (Å²) in [6.45, 7) is 8.25. The molecular formula is C27H43NO3. The first-order valence-electron chi connectivity index (χ1n) is 13.0. The van der Waals surface area contributed by atoms with Gasteiger partial charge < -0.3 is 15.6 Å². The highest BCUT2D eigenvalue weighted by Crippen LogP contribution is 2.69. The van der Waals surface area contributed by atoms with Gasteiger partial charge in [-0.25, -0.2) is 0 Å². The molecule has 0 spiro atoms. The monoisotopic (exact) mass is 429 g/mol. The van der Waals surface area contributed by atoms with E-state index in [1.165, 1.54) is 31.3 Å². The van der Waals surface area contributed by atoms with Crippen LogP contribution in [0.4, 0.5) is 0 Å². The van der Waals surface area contributed by atoms with Crippen molar-refractivity contribution in [3.63, 3.8) is 0 Å². The Balaban J connectivity index is 1.33. The van der Waals surface area contributed by atoms with E-state index in [2.05, 4.69) is 20.8 Å². The molecule has 0 radical (unpaired) electrons. The fourth-order valence-corrected chi connectivity index (χ4v) is 9.26. The Labute approximate surface area is 188 Å². The number of hydrogen-bond acceptors (Lipinski definition) is 4. The normalized spacial score (nSPS) is 49.6. The highest BCUT2D eigenvalue weighted by molar-refractivity contribution is 5.91. The molecule has 0 aromatic carbocycles. The van der Waals surface area contributed by atoms with Gasteiger partial charge in [-0.2, -0.15) is 0 Å². The van der Waals surface area contributed by atoms with Crippen molar-refractivity contribution in [1.82, 2.24) is 0 Å². The second-order valence-electron chi connectivity index (χ2n) is 12.2. The average molecular weight is 430 g/mol. The zero-order chi connectivity index (χ0) is 22.0. The summed E-state index contributed by atoms with van der Waals surface area (Å²) in [5, 5.41) is 9.51. The molecule has 0 amide bonds. The summed E-state index contributed by atoms with van der Waals surface area (Å²) in [6, 6.07) is 0. The summed E-state index contributed by atoms with van der Waals surface area (Å²) in [6.07, 6.45) is 12.8. The predicted molar refractivity (Wildman–Crippen MR) is 122 cm³/mol. The average Bonchev–Trinajstić information content (AvgIpc) is 3.23. The maximum Gasteiger partial charge on any atom is 0.155 e. The van der Waals surface area contributed by atoms with E-state index in [0.29, 0.717) is 41.8 Å². The zero-order valence-corrected chi connectivity index (χ0v) is 19.8. The lowest BCUT2D eigenvalue weighted by Gasteiger charge is -2.58. The Kier molecular flexibility index (Phi) is 5.67. The molecule has 4 nitrogen and oxygen atoms in total. The Bertz CT molecular complexity index is 745. The fourth-order valence-electron chi connectivity index (χ4n) is 9.26. The molecule has 1 saturated heterocycles. The van der Waals surface area contributed by atoms with Gasteiger partial charge in [-0.3, -0.25) is 4.79 Å². The number of fused-ring (bicyclic) bond motifs is 7. The maximum absolute atomic E-state index is 12.1. The second-order valence-corrected chi connectivity index (χ2v) is 12.2. The first-order chi connectivity index (χ1) is 14.8. The molecule has 174 valence electrons. The molecule has 0 aromatic heterocycles. The van der Waals surface area contributed by atoms with Gasteiger partial charge in [-0.15, -0.1) is 0 Å². The van der Waals surface area contributed by atoms with Gasteiger partial charge >= 0.3 is 0 Å². The van der Waals surface area contributed by atoms with Crippen molar-refractivity contribution < 1.29 is 14.6 Å². The number of aliphatic hydroxyl groups excluding tert-OH is 1. The smallest absolute Gasteiger partial charge is 0.155 e. The van der Waals surface area contributed by atoms with Crippen LogP contribution >= 0.6 is 0 Å². The molecule has 1 unspecified atom stereocenters. The maximum atomic E-state index is 12.1. The number of allylic oxidation sites excluding steroid dienone is 1. The molecule has 3 saturated carbocycles. The molecule has 4 heteroatoms. The minimum Gasteiger partial charge on any atom is -0.396 e. The lowest BCUT2D eigenvalue weighted by atomic mass is 9.46. The number of carbonyl (C=O) groups is 1. The summed E-state index contributed by atoms with van der Waals surface area (Å²) in [5.74, 6) is 4.15. The number of ketones is 1. The van der Waals surface area contributed by atoms with E-state index in [4.69, 9.17) is 10.5 Å². The third-order valence-corrected chi connectivity index (χ3v) is 11.0. The molecule has 4 aliphatic carbocycles. The van der Waals surface area contributed by atoms with Crippen molar-refractivity contribution in [3.05, 3.63) is 11.6 Å². The standard InChI is InChI=1S/C27H43NO3/c1-16-23(7-4-17(14-28)15-29)31-24-13-22-20-6-5-18-12-19(30)8-10-26(18,2)21(20)9-11-27(22,3)25(16)24/h12,16-17,20-25,29H,4-11,13-15,28H2,1-3H3/t16-,17?,20-,21+,22+,23-,24+,25+,26+,27+/m1/s1. The first-order valence-corrected chi connectivity index (χ1v) is 13.0. The minimum absolute atomic E-state index is 0.189. The molecule has 3 N–H and O–H groups in total. The van der Waals surface area contributed by atoms with Crippen LogP contribution in [0.15, 0.2) is 11.6 Å². The van der Waals surface area contributed by atoms with E-state index < -0.39 is 0 Å². The Hall–Kier alpha value is -0.710. The topological polar surface area (TPSA) is 72.5 Å². The van der Waals surface area contributed by atoms with Crippen LogP contribution in [0.5, 0.6) is 0 Å². The molecule has 5 rings (SSSR count). The van der Waals surface area contributed by atoms with Crippen LogP contribution in [0.3, 0.4) is 0 Å². The summed E-state index contributed by atoms with van der Waals surface area (Å²) in [7, 11) is 0. The molecule has 10 atom stereocenters. The Morgan fingerprint density at radius 1 is 1.23 bits per heavy atom. The van der Waals surface area contributed by atoms with E-state index >= 15 is 0 Å². The number of nitrogens with two attached hydrogens (primary N) is 1. The van der Waals surface area contributed by atoms with Crippen LogP contribution in [0.25, 0.3) is 0 Å². The van der Waals surface area contributed by atoms with Crippen LogP contribution in [0.2, 0.25) is 0 Å².